The SMILES string of the molecule is Cc1cc(/C(CC(c2cccc(C#CCO)c2)c2ccccc2C)=N\O)ccn1. The van der Waals surface area contributed by atoms with E-state index >= 15 is 0 Å². The Labute approximate surface area is 171 Å². The van der Waals surface area contributed by atoms with Crippen molar-refractivity contribution < 1.29 is 10.3 Å². The second-order valence-electron chi connectivity index (χ2n) is 6.93. The molecule has 0 fully saturated rings. The third-order valence-corrected chi connectivity index (χ3v) is 4.91. The second-order valence-corrected chi connectivity index (χ2v) is 6.93. The van der Waals surface area contributed by atoms with Crippen molar-refractivity contribution in [2.75, 3.05) is 6.61 Å². The Kier molecular flexibility index (Phi) is 6.78. The first-order chi connectivity index (χ1) is 14.1. The van der Waals surface area contributed by atoms with Crippen LogP contribution in [0.1, 0.15) is 45.8 Å². The lowest BCUT2D eigenvalue weighted by Gasteiger charge is -2.21. The maximum Gasteiger partial charge on any atom is 0.104 e. The van der Waals surface area contributed by atoms with Crippen molar-refractivity contribution in [3.05, 3.63) is 100 Å². The van der Waals surface area contributed by atoms with Crippen molar-refractivity contribution >= 4 is 5.71 Å². The van der Waals surface area contributed by atoms with E-state index in [1.165, 1.54) is 11.1 Å². The van der Waals surface area contributed by atoms with Gasteiger partial charge in [0.1, 0.15) is 6.61 Å². The van der Waals surface area contributed by atoms with Crippen LogP contribution in [0.3, 0.4) is 0 Å². The van der Waals surface area contributed by atoms with Gasteiger partial charge in [-0.2, -0.15) is 0 Å². The number of rotatable bonds is 5. The molecule has 1 atom stereocenters. The van der Waals surface area contributed by atoms with Crippen LogP contribution in [-0.4, -0.2) is 27.6 Å². The fourth-order valence-corrected chi connectivity index (χ4v) is 3.49. The smallest absolute Gasteiger partial charge is 0.104 e. The fourth-order valence-electron chi connectivity index (χ4n) is 3.49. The molecule has 1 heterocycles. The van der Waals surface area contributed by atoms with E-state index in [9.17, 15) is 5.21 Å². The van der Waals surface area contributed by atoms with Crippen LogP contribution in [0.4, 0.5) is 0 Å². The molecule has 0 aliphatic rings. The van der Waals surface area contributed by atoms with E-state index in [0.717, 1.165) is 22.4 Å². The molecular formula is C25H24N2O2. The molecule has 0 saturated carbocycles. The highest BCUT2D eigenvalue weighted by atomic mass is 16.4. The summed E-state index contributed by atoms with van der Waals surface area (Å²) in [4.78, 5) is 4.23. The number of aliphatic hydroxyl groups is 1. The molecule has 0 aliphatic heterocycles. The Morgan fingerprint density at radius 3 is 2.62 bits per heavy atom. The lowest BCUT2D eigenvalue weighted by molar-refractivity contribution is 0.317. The first kappa shape index (κ1) is 20.3. The Bertz CT molecular complexity index is 1080. The molecule has 0 bridgehead atoms. The Hall–Kier alpha value is -3.42. The zero-order chi connectivity index (χ0) is 20.6. The number of aliphatic hydroxyl groups excluding tert-OH is 1. The van der Waals surface area contributed by atoms with Gasteiger partial charge >= 0.3 is 0 Å². The Morgan fingerprint density at radius 2 is 1.90 bits per heavy atom. The minimum Gasteiger partial charge on any atom is -0.411 e. The number of pyridine rings is 1. The van der Waals surface area contributed by atoms with E-state index in [2.05, 4.69) is 47.1 Å². The van der Waals surface area contributed by atoms with Crippen LogP contribution < -0.4 is 0 Å². The molecule has 2 N–H and O–H groups in total. The van der Waals surface area contributed by atoms with Crippen LogP contribution >= 0.6 is 0 Å². The summed E-state index contributed by atoms with van der Waals surface area (Å²) in [6.07, 6.45) is 2.26. The van der Waals surface area contributed by atoms with Crippen LogP contribution in [0.5, 0.6) is 0 Å². The van der Waals surface area contributed by atoms with Crippen LogP contribution in [0, 0.1) is 25.7 Å². The van der Waals surface area contributed by atoms with Crippen LogP contribution in [-0.2, 0) is 0 Å². The molecule has 1 unspecified atom stereocenters. The highest BCUT2D eigenvalue weighted by molar-refractivity contribution is 6.01. The van der Waals surface area contributed by atoms with Crippen LogP contribution in [0.25, 0.3) is 0 Å². The topological polar surface area (TPSA) is 65.7 Å². The fraction of sp³-hybridized carbons (Fsp3) is 0.200. The van der Waals surface area contributed by atoms with Crippen molar-refractivity contribution in [1.82, 2.24) is 4.98 Å². The molecule has 4 heteroatoms. The third-order valence-electron chi connectivity index (χ3n) is 4.91. The minimum atomic E-state index is -0.172. The monoisotopic (exact) mass is 384 g/mol. The summed E-state index contributed by atoms with van der Waals surface area (Å²) >= 11 is 0. The molecule has 146 valence electrons. The summed E-state index contributed by atoms with van der Waals surface area (Å²) in [5.41, 5.74) is 6.61. The van der Waals surface area contributed by atoms with E-state index in [1.807, 2.05) is 49.4 Å². The molecule has 0 radical (unpaired) electrons. The second kappa shape index (κ2) is 9.68. The highest BCUT2D eigenvalue weighted by Crippen LogP contribution is 2.32. The predicted molar refractivity (Wildman–Crippen MR) is 115 cm³/mol. The molecule has 1 aromatic heterocycles. The molecule has 0 amide bonds. The molecule has 2 aromatic carbocycles. The van der Waals surface area contributed by atoms with E-state index in [4.69, 9.17) is 5.11 Å². The number of nitrogens with zero attached hydrogens (tertiary/aromatic N) is 2. The van der Waals surface area contributed by atoms with Gasteiger partial charge in [0.25, 0.3) is 0 Å². The first-order valence-electron chi connectivity index (χ1n) is 9.51. The van der Waals surface area contributed by atoms with E-state index in [1.54, 1.807) is 6.20 Å². The average molecular weight is 384 g/mol. The summed E-state index contributed by atoms with van der Waals surface area (Å²) in [5.74, 6) is 5.67. The standard InChI is InChI=1S/C25H24N2O2/c1-18-7-3-4-11-23(18)24(21-10-5-8-20(16-21)9-6-14-28)17-25(27-29)22-12-13-26-19(2)15-22/h3-5,7-8,10-13,15-16,24,28-29H,14,17H2,1-2H3/b27-25-. The first-order valence-corrected chi connectivity index (χ1v) is 9.51. The third kappa shape index (κ3) is 5.10. The molecule has 0 saturated heterocycles. The van der Waals surface area contributed by atoms with Gasteiger partial charge in [-0.1, -0.05) is 53.4 Å². The summed E-state index contributed by atoms with van der Waals surface area (Å²) in [5, 5.41) is 22.4. The van der Waals surface area contributed by atoms with Crippen molar-refractivity contribution in [3.63, 3.8) is 0 Å². The van der Waals surface area contributed by atoms with Crippen molar-refractivity contribution in [2.24, 2.45) is 5.16 Å². The van der Waals surface area contributed by atoms with Gasteiger partial charge in [0.15, 0.2) is 0 Å². The molecule has 3 rings (SSSR count). The number of aromatic nitrogens is 1. The summed E-state index contributed by atoms with van der Waals surface area (Å²) in [6.45, 7) is 3.83. The molecule has 29 heavy (non-hydrogen) atoms. The minimum absolute atomic E-state index is 0.00792. The summed E-state index contributed by atoms with van der Waals surface area (Å²) in [6, 6.07) is 20.0. The van der Waals surface area contributed by atoms with Crippen LogP contribution in [0.15, 0.2) is 72.0 Å². The van der Waals surface area contributed by atoms with Gasteiger partial charge < -0.3 is 10.3 Å². The largest absolute Gasteiger partial charge is 0.411 e. The summed E-state index contributed by atoms with van der Waals surface area (Å²) in [7, 11) is 0. The van der Waals surface area contributed by atoms with E-state index < -0.39 is 0 Å². The van der Waals surface area contributed by atoms with Gasteiger partial charge in [0.2, 0.25) is 0 Å². The molecular weight excluding hydrogens is 360 g/mol. The number of hydrogen-bond donors (Lipinski definition) is 2. The Morgan fingerprint density at radius 1 is 1.07 bits per heavy atom. The predicted octanol–water partition coefficient (Wildman–Crippen LogP) is 4.44. The lowest BCUT2D eigenvalue weighted by atomic mass is 9.83. The molecule has 0 spiro atoms. The maximum atomic E-state index is 9.77. The highest BCUT2D eigenvalue weighted by Gasteiger charge is 2.20. The molecule has 4 nitrogen and oxygen atoms in total. The average Bonchev–Trinajstić information content (AvgIpc) is 2.74. The number of aryl methyl sites for hydroxylation is 2. The normalized spacial score (nSPS) is 12.2. The van der Waals surface area contributed by atoms with Crippen molar-refractivity contribution in [1.29, 1.82) is 0 Å². The van der Waals surface area contributed by atoms with Crippen molar-refractivity contribution in [3.8, 4) is 11.8 Å². The number of hydrogen-bond acceptors (Lipinski definition) is 4. The van der Waals surface area contributed by atoms with E-state index in [0.29, 0.717) is 12.1 Å². The van der Waals surface area contributed by atoms with Gasteiger partial charge in [-0.15, -0.1) is 0 Å². The molecule has 3 aromatic rings. The number of oxime groups is 1. The van der Waals surface area contributed by atoms with E-state index in [-0.39, 0.29) is 12.5 Å². The maximum absolute atomic E-state index is 9.77. The zero-order valence-electron chi connectivity index (χ0n) is 16.6. The van der Waals surface area contributed by atoms with Crippen molar-refractivity contribution in [2.45, 2.75) is 26.2 Å². The van der Waals surface area contributed by atoms with Gasteiger partial charge in [-0.3, -0.25) is 4.98 Å². The zero-order valence-corrected chi connectivity index (χ0v) is 16.6. The lowest BCUT2D eigenvalue weighted by Crippen LogP contribution is -2.12. The molecule has 0 aliphatic carbocycles. The Balaban J connectivity index is 2.06. The van der Waals surface area contributed by atoms with Gasteiger partial charge in [0.05, 0.1) is 5.71 Å². The van der Waals surface area contributed by atoms with Gasteiger partial charge in [-0.05, 0) is 54.8 Å². The quantitative estimate of drug-likeness (QED) is 0.296. The number of benzene rings is 2. The summed E-state index contributed by atoms with van der Waals surface area (Å²) < 4.78 is 0. The van der Waals surface area contributed by atoms with Crippen LogP contribution in [0.2, 0.25) is 0 Å². The van der Waals surface area contributed by atoms with Gasteiger partial charge in [0, 0.05) is 35.4 Å². The van der Waals surface area contributed by atoms with Gasteiger partial charge in [-0.25, -0.2) is 0 Å².